The summed E-state index contributed by atoms with van der Waals surface area (Å²) in [6.45, 7) is 2.27. The molecule has 5 rings (SSSR count). The number of benzene rings is 1. The van der Waals surface area contributed by atoms with Crippen molar-refractivity contribution in [3.05, 3.63) is 23.3 Å². The molecule has 32 heavy (non-hydrogen) atoms. The Kier molecular flexibility index (Phi) is 4.43. The van der Waals surface area contributed by atoms with Crippen LogP contribution in [0.1, 0.15) is 24.5 Å². The first-order valence-electron chi connectivity index (χ1n) is 10.7. The molecule has 1 amide bonds. The van der Waals surface area contributed by atoms with Crippen LogP contribution in [0.15, 0.2) is 12.1 Å². The first-order chi connectivity index (χ1) is 15.3. The molecule has 0 radical (unpaired) electrons. The molecule has 1 aromatic carbocycles. The average Bonchev–Trinajstić information content (AvgIpc) is 3.47. The molecular formula is C23H27NO8. The molecule has 4 atom stereocenters. The Morgan fingerprint density at radius 1 is 1.06 bits per heavy atom. The van der Waals surface area contributed by atoms with E-state index in [1.54, 1.807) is 18.9 Å². The number of amides is 1. The Bertz CT molecular complexity index is 1030. The van der Waals surface area contributed by atoms with E-state index in [2.05, 4.69) is 0 Å². The number of methoxy groups -OCH3 is 4. The topological polar surface area (TPSA) is 101 Å². The number of piperidine rings is 1. The molecule has 1 unspecified atom stereocenters. The second kappa shape index (κ2) is 6.68. The van der Waals surface area contributed by atoms with Crippen LogP contribution in [0.2, 0.25) is 0 Å². The maximum atomic E-state index is 13.6. The highest BCUT2D eigenvalue weighted by atomic mass is 16.7. The van der Waals surface area contributed by atoms with E-state index >= 15 is 0 Å². The molecule has 2 aliphatic carbocycles. The maximum Gasteiger partial charge on any atom is 0.316 e. The van der Waals surface area contributed by atoms with E-state index < -0.39 is 34.5 Å². The van der Waals surface area contributed by atoms with Gasteiger partial charge in [0.25, 0.3) is 0 Å². The summed E-state index contributed by atoms with van der Waals surface area (Å²) in [7, 11) is 5.92. The minimum Gasteiger partial charge on any atom is -0.493 e. The fourth-order valence-electron chi connectivity index (χ4n) is 6.69. The summed E-state index contributed by atoms with van der Waals surface area (Å²) in [5.74, 6) is -3.29. The molecule has 0 bridgehead atoms. The number of ketones is 1. The van der Waals surface area contributed by atoms with Crippen LogP contribution in [-0.2, 0) is 40.6 Å². The zero-order chi connectivity index (χ0) is 23.1. The number of ether oxygens (including phenoxy) is 5. The summed E-state index contributed by atoms with van der Waals surface area (Å²) in [5.41, 5.74) is -0.790. The molecule has 4 aliphatic rings. The Hall–Kier alpha value is -2.65. The second-order valence-corrected chi connectivity index (χ2v) is 8.71. The lowest BCUT2D eigenvalue weighted by Crippen LogP contribution is -2.67. The molecule has 2 saturated carbocycles. The van der Waals surface area contributed by atoms with Gasteiger partial charge in [0.15, 0.2) is 17.3 Å². The van der Waals surface area contributed by atoms with Crippen molar-refractivity contribution < 1.29 is 38.1 Å². The summed E-state index contributed by atoms with van der Waals surface area (Å²) in [6.07, 6.45) is 0.576. The van der Waals surface area contributed by atoms with Crippen molar-refractivity contribution in [1.82, 2.24) is 4.90 Å². The summed E-state index contributed by atoms with van der Waals surface area (Å²) >= 11 is 0. The first-order valence-corrected chi connectivity index (χ1v) is 10.7. The van der Waals surface area contributed by atoms with Crippen LogP contribution in [0, 0.1) is 17.3 Å². The third-order valence-electron chi connectivity index (χ3n) is 7.96. The summed E-state index contributed by atoms with van der Waals surface area (Å²) in [5, 5.41) is 0. The normalized spacial score (nSPS) is 33.2. The highest BCUT2D eigenvalue weighted by Crippen LogP contribution is 2.81. The van der Waals surface area contributed by atoms with Gasteiger partial charge in [-0.15, -0.1) is 0 Å². The van der Waals surface area contributed by atoms with Gasteiger partial charge in [-0.3, -0.25) is 14.4 Å². The summed E-state index contributed by atoms with van der Waals surface area (Å²) in [6, 6.07) is 3.70. The van der Waals surface area contributed by atoms with Crippen molar-refractivity contribution in [3.8, 4) is 11.5 Å². The van der Waals surface area contributed by atoms with Gasteiger partial charge in [0.05, 0.1) is 38.2 Å². The van der Waals surface area contributed by atoms with Gasteiger partial charge in [0.2, 0.25) is 11.7 Å². The molecule has 9 nitrogen and oxygen atoms in total. The van der Waals surface area contributed by atoms with Gasteiger partial charge in [-0.25, -0.2) is 0 Å². The zero-order valence-corrected chi connectivity index (χ0v) is 18.9. The summed E-state index contributed by atoms with van der Waals surface area (Å²) in [4.78, 5) is 42.4. The molecule has 3 fully saturated rings. The number of fused-ring (bicyclic) bond motifs is 2. The van der Waals surface area contributed by atoms with Crippen LogP contribution >= 0.6 is 0 Å². The smallest absolute Gasteiger partial charge is 0.316 e. The van der Waals surface area contributed by atoms with Crippen molar-refractivity contribution in [2.75, 3.05) is 41.6 Å². The number of esters is 1. The monoisotopic (exact) mass is 445 g/mol. The van der Waals surface area contributed by atoms with E-state index in [1.165, 1.54) is 21.3 Å². The predicted molar refractivity (Wildman–Crippen MR) is 109 cm³/mol. The van der Waals surface area contributed by atoms with Gasteiger partial charge >= 0.3 is 5.97 Å². The first kappa shape index (κ1) is 21.2. The Morgan fingerprint density at radius 3 is 2.31 bits per heavy atom. The Morgan fingerprint density at radius 2 is 1.72 bits per heavy atom. The molecular weight excluding hydrogens is 418 g/mol. The lowest BCUT2D eigenvalue weighted by atomic mass is 9.62. The molecule has 2 heterocycles. The lowest BCUT2D eigenvalue weighted by Gasteiger charge is -2.55. The highest BCUT2D eigenvalue weighted by Gasteiger charge is 2.95. The SMILES string of the molecule is CCOC(=O)[C@]12C3C(=O)N4CCc5cc(OC)c(OC)cc5[C@@]41CC(OC)(OC)C(=O)[C@@H]32. The van der Waals surface area contributed by atoms with Gasteiger partial charge in [0.1, 0.15) is 5.41 Å². The minimum absolute atomic E-state index is 0.00806. The number of hydrogen-bond acceptors (Lipinski definition) is 8. The molecule has 9 heteroatoms. The fourth-order valence-corrected chi connectivity index (χ4v) is 6.69. The van der Waals surface area contributed by atoms with E-state index in [-0.39, 0.29) is 24.7 Å². The van der Waals surface area contributed by atoms with E-state index in [0.29, 0.717) is 24.5 Å². The molecule has 0 N–H and O–H groups in total. The molecule has 1 spiro atoms. The standard InChI is InChI=1S/C23H27NO8/c1-6-32-20(27)23-16-17(23)19(26)24-8-7-12-9-14(28-2)15(29-3)10-13(12)21(23,24)11-22(30-4,31-5)18(16)25/h9-10,16-17H,6-8,11H2,1-5H3/t16-,17?,21-,23+/m1/s1. The van der Waals surface area contributed by atoms with Crippen molar-refractivity contribution in [2.45, 2.75) is 31.1 Å². The zero-order valence-electron chi connectivity index (χ0n) is 18.9. The predicted octanol–water partition coefficient (Wildman–Crippen LogP) is 1.05. The highest BCUT2D eigenvalue weighted by molar-refractivity contribution is 6.12. The third kappa shape index (κ3) is 2.05. The van der Waals surface area contributed by atoms with E-state index in [4.69, 9.17) is 23.7 Å². The van der Waals surface area contributed by atoms with Crippen LogP contribution in [0.4, 0.5) is 0 Å². The number of Topliss-reactive ketones (excluding diaryl/α,β-unsaturated/α-hetero) is 1. The largest absolute Gasteiger partial charge is 0.493 e. The lowest BCUT2D eigenvalue weighted by molar-refractivity contribution is -0.241. The molecule has 0 aromatic heterocycles. The van der Waals surface area contributed by atoms with E-state index in [0.717, 1.165) is 11.1 Å². The van der Waals surface area contributed by atoms with Gasteiger partial charge in [-0.1, -0.05) is 0 Å². The fraction of sp³-hybridized carbons (Fsp3) is 0.609. The minimum atomic E-state index is -1.57. The van der Waals surface area contributed by atoms with Crippen LogP contribution in [0.25, 0.3) is 0 Å². The van der Waals surface area contributed by atoms with Gasteiger partial charge in [-0.05, 0) is 36.6 Å². The second-order valence-electron chi connectivity index (χ2n) is 8.71. The van der Waals surface area contributed by atoms with Gasteiger partial charge in [0, 0.05) is 27.2 Å². The number of nitrogens with zero attached hydrogens (tertiary/aromatic N) is 1. The van der Waals surface area contributed by atoms with Crippen molar-refractivity contribution in [2.24, 2.45) is 17.3 Å². The van der Waals surface area contributed by atoms with Crippen LogP contribution in [0.5, 0.6) is 11.5 Å². The summed E-state index contributed by atoms with van der Waals surface area (Å²) < 4.78 is 27.8. The van der Waals surface area contributed by atoms with E-state index in [1.807, 2.05) is 12.1 Å². The Balaban J connectivity index is 1.83. The molecule has 2 aliphatic heterocycles. The number of carbonyl (C=O) groups is 3. The quantitative estimate of drug-likeness (QED) is 0.473. The van der Waals surface area contributed by atoms with Gasteiger partial charge < -0.3 is 28.6 Å². The van der Waals surface area contributed by atoms with Crippen LogP contribution < -0.4 is 9.47 Å². The van der Waals surface area contributed by atoms with Crippen molar-refractivity contribution in [3.63, 3.8) is 0 Å². The van der Waals surface area contributed by atoms with Gasteiger partial charge in [-0.2, -0.15) is 0 Å². The van der Waals surface area contributed by atoms with Crippen molar-refractivity contribution in [1.29, 1.82) is 0 Å². The van der Waals surface area contributed by atoms with Crippen LogP contribution in [-0.4, -0.2) is 69.9 Å². The molecule has 172 valence electrons. The number of rotatable bonds is 6. The number of hydrogen-bond donors (Lipinski definition) is 0. The number of carbonyl (C=O) groups excluding carboxylic acids is 3. The van der Waals surface area contributed by atoms with Crippen LogP contribution in [0.3, 0.4) is 0 Å². The Labute approximate surface area is 185 Å². The third-order valence-corrected chi connectivity index (χ3v) is 7.96. The van der Waals surface area contributed by atoms with E-state index in [9.17, 15) is 14.4 Å². The average molecular weight is 445 g/mol. The maximum absolute atomic E-state index is 13.6. The van der Waals surface area contributed by atoms with Crippen molar-refractivity contribution >= 4 is 17.7 Å². The molecule has 1 aromatic rings. The molecule has 1 saturated heterocycles.